The fourth-order valence-corrected chi connectivity index (χ4v) is 2.67. The molecular weight excluding hydrogens is 224 g/mol. The molecule has 0 heterocycles. The molecule has 1 saturated carbocycles. The van der Waals surface area contributed by atoms with Crippen LogP contribution in [0, 0.1) is 0 Å². The Labute approximate surface area is 109 Å². The molecule has 1 aromatic rings. The normalized spacial score (nSPS) is 17.2. The summed E-state index contributed by atoms with van der Waals surface area (Å²) in [5.41, 5.74) is 2.58. The average Bonchev–Trinajstić information content (AvgIpc) is 2.39. The number of hydrogen-bond acceptors (Lipinski definition) is 2. The highest BCUT2D eigenvalue weighted by atomic mass is 16.5. The van der Waals surface area contributed by atoms with Gasteiger partial charge in [-0.2, -0.15) is 0 Å². The number of Topliss-reactive ketones (excluding diaryl/α,β-unsaturated/α-hetero) is 1. The monoisotopic (exact) mass is 246 g/mol. The van der Waals surface area contributed by atoms with E-state index in [2.05, 4.69) is 32.0 Å². The number of rotatable bonds is 3. The van der Waals surface area contributed by atoms with Gasteiger partial charge in [-0.05, 0) is 41.9 Å². The number of carbonyl (C=O) groups is 1. The Balaban J connectivity index is 2.24. The van der Waals surface area contributed by atoms with Gasteiger partial charge in [0.05, 0.1) is 7.11 Å². The van der Waals surface area contributed by atoms with Crippen LogP contribution >= 0.6 is 0 Å². The third-order valence-corrected chi connectivity index (χ3v) is 3.91. The lowest BCUT2D eigenvalue weighted by Gasteiger charge is -2.24. The van der Waals surface area contributed by atoms with Crippen LogP contribution in [0.5, 0.6) is 5.75 Å². The second-order valence-electron chi connectivity index (χ2n) is 5.47. The first-order chi connectivity index (χ1) is 8.61. The minimum absolute atomic E-state index is 0.406. The van der Waals surface area contributed by atoms with Crippen molar-refractivity contribution in [1.82, 2.24) is 0 Å². The summed E-state index contributed by atoms with van der Waals surface area (Å²) in [6.07, 6.45) is 3.38. The van der Waals surface area contributed by atoms with Gasteiger partial charge in [-0.15, -0.1) is 0 Å². The molecule has 0 spiro atoms. The van der Waals surface area contributed by atoms with Crippen LogP contribution < -0.4 is 4.74 Å². The maximum absolute atomic E-state index is 11.3. The maximum Gasteiger partial charge on any atom is 0.132 e. The maximum atomic E-state index is 11.3. The zero-order valence-electron chi connectivity index (χ0n) is 11.5. The molecule has 2 rings (SSSR count). The van der Waals surface area contributed by atoms with E-state index in [1.807, 2.05) is 0 Å². The summed E-state index contributed by atoms with van der Waals surface area (Å²) in [4.78, 5) is 11.3. The molecule has 2 heteroatoms. The quantitative estimate of drug-likeness (QED) is 0.804. The van der Waals surface area contributed by atoms with Gasteiger partial charge in [-0.25, -0.2) is 0 Å². The minimum Gasteiger partial charge on any atom is -0.496 e. The number of ether oxygens (including phenoxy) is 1. The van der Waals surface area contributed by atoms with E-state index >= 15 is 0 Å². The lowest BCUT2D eigenvalue weighted by Crippen LogP contribution is -2.13. The molecule has 0 aliphatic heterocycles. The molecule has 1 aromatic carbocycles. The van der Waals surface area contributed by atoms with Gasteiger partial charge >= 0.3 is 0 Å². The molecule has 0 unspecified atom stereocenters. The average molecular weight is 246 g/mol. The fourth-order valence-electron chi connectivity index (χ4n) is 2.67. The predicted molar refractivity (Wildman–Crippen MR) is 73.3 cm³/mol. The van der Waals surface area contributed by atoms with E-state index in [9.17, 15) is 4.79 Å². The molecule has 0 amide bonds. The first-order valence-corrected chi connectivity index (χ1v) is 6.81. The predicted octanol–water partition coefficient (Wildman–Crippen LogP) is 4.05. The van der Waals surface area contributed by atoms with Gasteiger partial charge in [0.15, 0.2) is 0 Å². The molecule has 1 aliphatic carbocycles. The second-order valence-corrected chi connectivity index (χ2v) is 5.47. The minimum atomic E-state index is 0.406. The van der Waals surface area contributed by atoms with Crippen molar-refractivity contribution in [2.45, 2.75) is 51.4 Å². The van der Waals surface area contributed by atoms with Crippen molar-refractivity contribution in [3.8, 4) is 5.75 Å². The smallest absolute Gasteiger partial charge is 0.132 e. The molecule has 98 valence electrons. The van der Waals surface area contributed by atoms with Gasteiger partial charge in [-0.1, -0.05) is 26.0 Å². The highest BCUT2D eigenvalue weighted by Crippen LogP contribution is 2.37. The van der Waals surface area contributed by atoms with Gasteiger partial charge in [0.25, 0.3) is 0 Å². The Kier molecular flexibility index (Phi) is 4.05. The number of methoxy groups -OCH3 is 1. The van der Waals surface area contributed by atoms with Gasteiger partial charge < -0.3 is 4.74 Å². The number of benzene rings is 1. The van der Waals surface area contributed by atoms with Crippen LogP contribution in [-0.2, 0) is 4.79 Å². The summed E-state index contributed by atoms with van der Waals surface area (Å²) in [7, 11) is 1.73. The van der Waals surface area contributed by atoms with Crippen molar-refractivity contribution in [3.63, 3.8) is 0 Å². The Morgan fingerprint density at radius 3 is 2.44 bits per heavy atom. The first kappa shape index (κ1) is 13.1. The number of carbonyl (C=O) groups excluding carboxylic acids is 1. The summed E-state index contributed by atoms with van der Waals surface area (Å²) >= 11 is 0. The van der Waals surface area contributed by atoms with Gasteiger partial charge in [0, 0.05) is 12.8 Å². The van der Waals surface area contributed by atoms with E-state index in [0.717, 1.165) is 31.4 Å². The van der Waals surface area contributed by atoms with Gasteiger partial charge in [0.1, 0.15) is 11.5 Å². The molecule has 18 heavy (non-hydrogen) atoms. The Morgan fingerprint density at radius 1 is 1.22 bits per heavy atom. The molecule has 0 atom stereocenters. The first-order valence-electron chi connectivity index (χ1n) is 6.81. The van der Waals surface area contributed by atoms with E-state index in [4.69, 9.17) is 4.74 Å². The van der Waals surface area contributed by atoms with E-state index in [1.165, 1.54) is 11.1 Å². The van der Waals surface area contributed by atoms with Crippen LogP contribution in [-0.4, -0.2) is 12.9 Å². The Hall–Kier alpha value is -1.31. The molecule has 0 bridgehead atoms. The largest absolute Gasteiger partial charge is 0.496 e. The van der Waals surface area contributed by atoms with Crippen molar-refractivity contribution < 1.29 is 9.53 Å². The van der Waals surface area contributed by atoms with E-state index in [0.29, 0.717) is 17.6 Å². The van der Waals surface area contributed by atoms with Crippen molar-refractivity contribution in [3.05, 3.63) is 29.3 Å². The van der Waals surface area contributed by atoms with Crippen LogP contribution in [0.2, 0.25) is 0 Å². The summed E-state index contributed by atoms with van der Waals surface area (Å²) in [6.45, 7) is 4.38. The molecule has 1 fully saturated rings. The Bertz CT molecular complexity index is 425. The highest BCUT2D eigenvalue weighted by Gasteiger charge is 2.23. The summed E-state index contributed by atoms with van der Waals surface area (Å²) in [5, 5.41) is 0. The lowest BCUT2D eigenvalue weighted by atomic mass is 9.82. The second kappa shape index (κ2) is 5.55. The molecular formula is C16H22O2. The molecule has 1 aliphatic rings. The van der Waals surface area contributed by atoms with Crippen LogP contribution in [0.4, 0.5) is 0 Å². The van der Waals surface area contributed by atoms with Crippen molar-refractivity contribution in [1.29, 1.82) is 0 Å². The van der Waals surface area contributed by atoms with Crippen LogP contribution in [0.1, 0.15) is 62.5 Å². The molecule has 0 N–H and O–H groups in total. The summed E-state index contributed by atoms with van der Waals surface area (Å²) in [6, 6.07) is 6.53. The number of hydrogen-bond donors (Lipinski definition) is 0. The molecule has 2 nitrogen and oxygen atoms in total. The number of ketones is 1. The van der Waals surface area contributed by atoms with Crippen molar-refractivity contribution in [2.75, 3.05) is 7.11 Å². The van der Waals surface area contributed by atoms with Crippen LogP contribution in [0.15, 0.2) is 18.2 Å². The highest BCUT2D eigenvalue weighted by molar-refractivity contribution is 5.79. The third-order valence-electron chi connectivity index (χ3n) is 3.91. The molecule has 0 aromatic heterocycles. The van der Waals surface area contributed by atoms with Gasteiger partial charge in [0.2, 0.25) is 0 Å². The van der Waals surface area contributed by atoms with E-state index in [1.54, 1.807) is 7.11 Å². The molecule has 0 saturated heterocycles. The van der Waals surface area contributed by atoms with Crippen LogP contribution in [0.3, 0.4) is 0 Å². The SMILES string of the molecule is COc1cc(C(C)C)ccc1C1CCC(=O)CC1. The summed E-state index contributed by atoms with van der Waals surface area (Å²) in [5.74, 6) is 2.39. The molecule has 0 radical (unpaired) electrons. The lowest BCUT2D eigenvalue weighted by molar-refractivity contribution is -0.120. The third kappa shape index (κ3) is 2.74. The van der Waals surface area contributed by atoms with Crippen molar-refractivity contribution in [2.24, 2.45) is 0 Å². The topological polar surface area (TPSA) is 26.3 Å². The zero-order chi connectivity index (χ0) is 13.1. The van der Waals surface area contributed by atoms with Crippen molar-refractivity contribution >= 4 is 5.78 Å². The standard InChI is InChI=1S/C16H22O2/c1-11(2)13-6-9-15(16(10-13)18-3)12-4-7-14(17)8-5-12/h6,9-12H,4-5,7-8H2,1-3H3. The van der Waals surface area contributed by atoms with Gasteiger partial charge in [-0.3, -0.25) is 4.79 Å². The Morgan fingerprint density at radius 2 is 1.89 bits per heavy atom. The summed E-state index contributed by atoms with van der Waals surface area (Å²) < 4.78 is 5.53. The van der Waals surface area contributed by atoms with E-state index < -0.39 is 0 Å². The fraction of sp³-hybridized carbons (Fsp3) is 0.562. The van der Waals surface area contributed by atoms with Crippen LogP contribution in [0.25, 0.3) is 0 Å². The van der Waals surface area contributed by atoms with E-state index in [-0.39, 0.29) is 0 Å². The zero-order valence-corrected chi connectivity index (χ0v) is 11.5.